The predicted molar refractivity (Wildman–Crippen MR) is 116 cm³/mol. The Hall–Kier alpha value is -0.600. The summed E-state index contributed by atoms with van der Waals surface area (Å²) >= 11 is 0. The van der Waals surface area contributed by atoms with Crippen molar-refractivity contribution in [3.05, 3.63) is 23.3 Å². The van der Waals surface area contributed by atoms with Crippen LogP contribution in [0.4, 0.5) is 0 Å². The molecule has 2 N–H and O–H groups in total. The first-order chi connectivity index (χ1) is 13.5. The SMILES string of the molecule is CC[C@@]12C=CC3(CC1)[C@@H]1CCC4=C(CC(O)(O)C5(C4)CC(C)(C)C5)[C@H]1CC[C@@]32C. The molecule has 0 aliphatic heterocycles. The van der Waals surface area contributed by atoms with Gasteiger partial charge in [-0.3, -0.25) is 0 Å². The lowest BCUT2D eigenvalue weighted by Gasteiger charge is -2.64. The molecule has 0 amide bonds. The van der Waals surface area contributed by atoms with Gasteiger partial charge in [0.25, 0.3) is 0 Å². The van der Waals surface area contributed by atoms with E-state index < -0.39 is 5.79 Å². The van der Waals surface area contributed by atoms with E-state index in [1.54, 1.807) is 5.57 Å². The fraction of sp³-hybridized carbons (Fsp3) is 0.852. The molecule has 2 bridgehead atoms. The first-order valence-electron chi connectivity index (χ1n) is 12.4. The second kappa shape index (κ2) is 5.23. The normalized spacial score (nSPS) is 50.1. The summed E-state index contributed by atoms with van der Waals surface area (Å²) in [6.45, 7) is 9.57. The summed E-state index contributed by atoms with van der Waals surface area (Å²) in [5, 5.41) is 22.5. The molecule has 0 heterocycles. The maximum absolute atomic E-state index is 11.3. The molecule has 6 aliphatic rings. The highest BCUT2D eigenvalue weighted by molar-refractivity contribution is 5.39. The van der Waals surface area contributed by atoms with Crippen molar-refractivity contribution in [3.8, 4) is 0 Å². The third-order valence-corrected chi connectivity index (χ3v) is 11.7. The Balaban J connectivity index is 1.37. The first-order valence-corrected chi connectivity index (χ1v) is 12.4. The van der Waals surface area contributed by atoms with E-state index in [9.17, 15) is 10.2 Å². The molecule has 29 heavy (non-hydrogen) atoms. The summed E-state index contributed by atoms with van der Waals surface area (Å²) in [6.07, 6.45) is 17.8. The number of hydrogen-bond donors (Lipinski definition) is 2. The third kappa shape index (κ3) is 1.98. The van der Waals surface area contributed by atoms with Crippen LogP contribution >= 0.6 is 0 Å². The van der Waals surface area contributed by atoms with Gasteiger partial charge in [0.2, 0.25) is 0 Å². The van der Waals surface area contributed by atoms with Gasteiger partial charge in [-0.05, 0) is 97.7 Å². The van der Waals surface area contributed by atoms with Crippen LogP contribution in [-0.2, 0) is 0 Å². The van der Waals surface area contributed by atoms with Crippen molar-refractivity contribution >= 4 is 0 Å². The van der Waals surface area contributed by atoms with Gasteiger partial charge < -0.3 is 10.2 Å². The van der Waals surface area contributed by atoms with Gasteiger partial charge in [0.05, 0.1) is 0 Å². The molecule has 0 aromatic heterocycles. The molecule has 3 fully saturated rings. The lowest BCUT2D eigenvalue weighted by Crippen LogP contribution is -2.61. The highest BCUT2D eigenvalue weighted by Crippen LogP contribution is 2.79. The van der Waals surface area contributed by atoms with Gasteiger partial charge >= 0.3 is 0 Å². The van der Waals surface area contributed by atoms with Crippen molar-refractivity contribution in [1.29, 1.82) is 0 Å². The lowest BCUT2D eigenvalue weighted by molar-refractivity contribution is -0.296. The predicted octanol–water partition coefficient (Wildman–Crippen LogP) is 6.14. The monoisotopic (exact) mass is 396 g/mol. The van der Waals surface area contributed by atoms with E-state index in [2.05, 4.69) is 39.8 Å². The molecule has 2 nitrogen and oxygen atoms in total. The smallest absolute Gasteiger partial charge is 0.172 e. The number of fused-ring (bicyclic) bond motifs is 2. The van der Waals surface area contributed by atoms with Crippen LogP contribution in [0.5, 0.6) is 0 Å². The van der Waals surface area contributed by atoms with Crippen molar-refractivity contribution in [3.63, 3.8) is 0 Å². The summed E-state index contributed by atoms with van der Waals surface area (Å²) in [5.74, 6) is -0.197. The zero-order valence-corrected chi connectivity index (χ0v) is 19.0. The molecule has 6 rings (SSSR count). The average Bonchev–Trinajstić information content (AvgIpc) is 3.05. The minimum absolute atomic E-state index is 0.263. The van der Waals surface area contributed by atoms with E-state index in [-0.39, 0.29) is 10.8 Å². The van der Waals surface area contributed by atoms with Crippen LogP contribution in [0.3, 0.4) is 0 Å². The van der Waals surface area contributed by atoms with Gasteiger partial charge in [0.15, 0.2) is 5.79 Å². The van der Waals surface area contributed by atoms with Gasteiger partial charge in [-0.25, -0.2) is 0 Å². The van der Waals surface area contributed by atoms with Gasteiger partial charge in [-0.2, -0.15) is 0 Å². The van der Waals surface area contributed by atoms with Crippen LogP contribution in [0, 0.1) is 38.9 Å². The Bertz CT molecular complexity index is 823. The van der Waals surface area contributed by atoms with Gasteiger partial charge in [0.1, 0.15) is 0 Å². The second-order valence-electron chi connectivity index (χ2n) is 13.1. The van der Waals surface area contributed by atoms with Crippen LogP contribution in [0.25, 0.3) is 0 Å². The molecule has 0 aromatic carbocycles. The lowest BCUT2D eigenvalue weighted by atomic mass is 9.42. The first kappa shape index (κ1) is 19.1. The Morgan fingerprint density at radius 2 is 1.72 bits per heavy atom. The maximum atomic E-state index is 11.3. The number of rotatable bonds is 1. The molecule has 1 spiro atoms. The van der Waals surface area contributed by atoms with Crippen LogP contribution in [-0.4, -0.2) is 16.0 Å². The molecule has 5 atom stereocenters. The van der Waals surface area contributed by atoms with E-state index in [0.717, 1.165) is 25.2 Å². The van der Waals surface area contributed by atoms with Crippen molar-refractivity contribution in [2.24, 2.45) is 38.9 Å². The minimum atomic E-state index is -1.50. The van der Waals surface area contributed by atoms with Crippen molar-refractivity contribution in [2.45, 2.75) is 104 Å². The fourth-order valence-corrected chi connectivity index (χ4v) is 10.5. The highest BCUT2D eigenvalue weighted by atomic mass is 16.5. The molecular formula is C27H40O2. The number of aliphatic hydroxyl groups is 2. The molecule has 0 saturated heterocycles. The summed E-state index contributed by atoms with van der Waals surface area (Å²) in [5.41, 5.74) is 4.32. The van der Waals surface area contributed by atoms with Gasteiger partial charge in [-0.1, -0.05) is 51.0 Å². The quantitative estimate of drug-likeness (QED) is 0.413. The van der Waals surface area contributed by atoms with Gasteiger partial charge in [-0.15, -0.1) is 0 Å². The van der Waals surface area contributed by atoms with Crippen molar-refractivity contribution < 1.29 is 10.2 Å². The molecule has 1 unspecified atom stereocenters. The summed E-state index contributed by atoms with van der Waals surface area (Å²) in [7, 11) is 0. The summed E-state index contributed by atoms with van der Waals surface area (Å²) in [4.78, 5) is 0. The van der Waals surface area contributed by atoms with E-state index in [0.29, 0.717) is 28.6 Å². The molecule has 6 aliphatic carbocycles. The summed E-state index contributed by atoms with van der Waals surface area (Å²) < 4.78 is 0. The number of allylic oxidation sites excluding steroid dienone is 3. The van der Waals surface area contributed by atoms with Crippen LogP contribution in [0.15, 0.2) is 23.3 Å². The number of hydrogen-bond acceptors (Lipinski definition) is 2. The molecular weight excluding hydrogens is 356 g/mol. The third-order valence-electron chi connectivity index (χ3n) is 11.7. The second-order valence-corrected chi connectivity index (χ2v) is 13.1. The molecule has 0 aromatic rings. The average molecular weight is 397 g/mol. The van der Waals surface area contributed by atoms with E-state index in [1.165, 1.54) is 50.5 Å². The zero-order valence-electron chi connectivity index (χ0n) is 19.0. The Morgan fingerprint density at radius 1 is 0.966 bits per heavy atom. The Morgan fingerprint density at radius 3 is 2.34 bits per heavy atom. The largest absolute Gasteiger partial charge is 0.365 e. The molecule has 2 heteroatoms. The van der Waals surface area contributed by atoms with Crippen molar-refractivity contribution in [2.75, 3.05) is 0 Å². The molecule has 160 valence electrons. The van der Waals surface area contributed by atoms with Gasteiger partial charge in [0, 0.05) is 11.8 Å². The zero-order chi connectivity index (χ0) is 20.5. The van der Waals surface area contributed by atoms with Crippen LogP contribution in [0.1, 0.15) is 98.3 Å². The Labute approximate surface area is 176 Å². The highest BCUT2D eigenvalue weighted by Gasteiger charge is 2.71. The maximum Gasteiger partial charge on any atom is 0.172 e. The minimum Gasteiger partial charge on any atom is -0.365 e. The topological polar surface area (TPSA) is 40.5 Å². The van der Waals surface area contributed by atoms with E-state index >= 15 is 0 Å². The van der Waals surface area contributed by atoms with Crippen molar-refractivity contribution in [1.82, 2.24) is 0 Å². The van der Waals surface area contributed by atoms with Crippen LogP contribution < -0.4 is 0 Å². The van der Waals surface area contributed by atoms with E-state index in [4.69, 9.17) is 0 Å². The van der Waals surface area contributed by atoms with E-state index in [1.807, 2.05) is 0 Å². The molecule has 0 radical (unpaired) electrons. The van der Waals surface area contributed by atoms with Crippen LogP contribution in [0.2, 0.25) is 0 Å². The fourth-order valence-electron chi connectivity index (χ4n) is 10.5. The Kier molecular flexibility index (Phi) is 3.45. The summed E-state index contributed by atoms with van der Waals surface area (Å²) in [6, 6.07) is 0. The standard InChI is InChI=1S/C27H40O2/c1-5-24-10-12-26(13-11-24)21-7-6-18-14-25(16-22(2,3)17-25)27(28,29)15-20(18)19(21)8-9-23(24,26)4/h10,12,19,21,28-29H,5-9,11,13-17H2,1-4H3/t19-,21-,23-,24-,26?/m1/s1. The molecule has 3 saturated carbocycles.